The number of rotatable bonds is 2. The third-order valence-corrected chi connectivity index (χ3v) is 3.45. The van der Waals surface area contributed by atoms with Gasteiger partial charge in [-0.1, -0.05) is 36.4 Å². The molecule has 1 aliphatic rings. The summed E-state index contributed by atoms with van der Waals surface area (Å²) in [7, 11) is 0. The van der Waals surface area contributed by atoms with Gasteiger partial charge in [-0.05, 0) is 28.8 Å². The second-order valence-corrected chi connectivity index (χ2v) is 4.74. The Morgan fingerprint density at radius 1 is 1.11 bits per heavy atom. The molecular weight excluding hydrogens is 234 g/mol. The van der Waals surface area contributed by atoms with Gasteiger partial charge in [0.2, 0.25) is 0 Å². The van der Waals surface area contributed by atoms with Crippen LogP contribution >= 0.6 is 0 Å². The second kappa shape index (κ2) is 4.78. The second-order valence-electron chi connectivity index (χ2n) is 4.74. The molecule has 3 nitrogen and oxygen atoms in total. The Bertz CT molecular complexity index is 627. The van der Waals surface area contributed by atoms with Crippen molar-refractivity contribution >= 4 is 23.0 Å². The van der Waals surface area contributed by atoms with Crippen LogP contribution in [0.3, 0.4) is 0 Å². The molecule has 0 amide bonds. The van der Waals surface area contributed by atoms with Crippen molar-refractivity contribution in [1.82, 2.24) is 0 Å². The van der Waals surface area contributed by atoms with Crippen LogP contribution in [0.5, 0.6) is 0 Å². The maximum Gasteiger partial charge on any atom is 0.0653 e. The van der Waals surface area contributed by atoms with Gasteiger partial charge in [-0.3, -0.25) is 0 Å². The van der Waals surface area contributed by atoms with Crippen molar-refractivity contribution in [2.24, 2.45) is 5.73 Å². The molecule has 0 saturated carbocycles. The van der Waals surface area contributed by atoms with E-state index in [2.05, 4.69) is 41.7 Å². The average Bonchev–Trinajstić information content (AvgIpc) is 2.84. The van der Waals surface area contributed by atoms with Crippen LogP contribution in [0, 0.1) is 0 Å². The van der Waals surface area contributed by atoms with Gasteiger partial charge in [0.25, 0.3) is 0 Å². The molecule has 2 aromatic rings. The Hall–Kier alpha value is -2.26. The first kappa shape index (κ1) is 11.8. The standard InChI is InChI=1S/C16H17N3/c17-9-12-6-4-11(5-7-12)8-13-10-19-16-14(13)2-1-3-15(16)18/h1-8,19H,9-10,17-18H2. The maximum absolute atomic E-state index is 5.96. The molecule has 3 heteroatoms. The van der Waals surface area contributed by atoms with Gasteiger partial charge >= 0.3 is 0 Å². The zero-order valence-corrected chi connectivity index (χ0v) is 10.7. The molecule has 5 N–H and O–H groups in total. The van der Waals surface area contributed by atoms with Crippen LogP contribution in [0.15, 0.2) is 42.5 Å². The predicted molar refractivity (Wildman–Crippen MR) is 81.5 cm³/mol. The van der Waals surface area contributed by atoms with Crippen molar-refractivity contribution in [2.75, 3.05) is 17.6 Å². The monoisotopic (exact) mass is 251 g/mol. The molecule has 96 valence electrons. The predicted octanol–water partition coefficient (Wildman–Crippen LogP) is 2.69. The Labute approximate surface area is 112 Å². The van der Waals surface area contributed by atoms with Crippen LogP contribution in [-0.2, 0) is 6.54 Å². The molecule has 0 atom stereocenters. The van der Waals surface area contributed by atoms with Gasteiger partial charge < -0.3 is 16.8 Å². The third kappa shape index (κ3) is 2.20. The molecule has 2 aromatic carbocycles. The molecular formula is C16H17N3. The van der Waals surface area contributed by atoms with Crippen LogP contribution < -0.4 is 16.8 Å². The van der Waals surface area contributed by atoms with E-state index in [4.69, 9.17) is 11.5 Å². The highest BCUT2D eigenvalue weighted by molar-refractivity contribution is 5.96. The van der Waals surface area contributed by atoms with Gasteiger partial charge in [0, 0.05) is 18.7 Å². The van der Waals surface area contributed by atoms with Gasteiger partial charge in [-0.15, -0.1) is 0 Å². The number of nitrogens with two attached hydrogens (primary N) is 2. The van der Waals surface area contributed by atoms with Crippen molar-refractivity contribution < 1.29 is 0 Å². The van der Waals surface area contributed by atoms with Crippen LogP contribution in [0.2, 0.25) is 0 Å². The lowest BCUT2D eigenvalue weighted by atomic mass is 10.0. The first-order valence-electron chi connectivity index (χ1n) is 6.40. The van der Waals surface area contributed by atoms with E-state index in [-0.39, 0.29) is 0 Å². The van der Waals surface area contributed by atoms with Crippen molar-refractivity contribution in [3.05, 3.63) is 59.2 Å². The topological polar surface area (TPSA) is 64.1 Å². The van der Waals surface area contributed by atoms with E-state index < -0.39 is 0 Å². The summed E-state index contributed by atoms with van der Waals surface area (Å²) in [6, 6.07) is 14.3. The molecule has 1 heterocycles. The van der Waals surface area contributed by atoms with Gasteiger partial charge in [-0.25, -0.2) is 0 Å². The zero-order valence-electron chi connectivity index (χ0n) is 10.7. The molecule has 3 rings (SSSR count). The van der Waals surface area contributed by atoms with E-state index >= 15 is 0 Å². The molecule has 0 aliphatic carbocycles. The van der Waals surface area contributed by atoms with E-state index in [0.717, 1.165) is 23.5 Å². The molecule has 0 bridgehead atoms. The summed E-state index contributed by atoms with van der Waals surface area (Å²) in [5.74, 6) is 0. The highest BCUT2D eigenvalue weighted by Gasteiger charge is 2.16. The van der Waals surface area contributed by atoms with Crippen molar-refractivity contribution in [1.29, 1.82) is 0 Å². The quantitative estimate of drug-likeness (QED) is 0.719. The number of para-hydroxylation sites is 1. The molecule has 0 radical (unpaired) electrons. The van der Waals surface area contributed by atoms with Crippen LogP contribution in [0.1, 0.15) is 16.7 Å². The minimum Gasteiger partial charge on any atom is -0.397 e. The largest absolute Gasteiger partial charge is 0.397 e. The molecule has 0 saturated heterocycles. The summed E-state index contributed by atoms with van der Waals surface area (Å²) < 4.78 is 0. The third-order valence-electron chi connectivity index (χ3n) is 3.45. The molecule has 1 aliphatic heterocycles. The number of nitrogen functional groups attached to an aromatic ring is 1. The first-order valence-corrected chi connectivity index (χ1v) is 6.40. The average molecular weight is 251 g/mol. The number of fused-ring (bicyclic) bond motifs is 1. The van der Waals surface area contributed by atoms with Crippen molar-refractivity contribution in [2.45, 2.75) is 6.54 Å². The van der Waals surface area contributed by atoms with E-state index in [1.807, 2.05) is 12.1 Å². The summed E-state index contributed by atoms with van der Waals surface area (Å²) in [5.41, 5.74) is 18.2. The van der Waals surface area contributed by atoms with Crippen LogP contribution in [0.25, 0.3) is 11.6 Å². The Balaban J connectivity index is 1.96. The van der Waals surface area contributed by atoms with Crippen molar-refractivity contribution in [3.8, 4) is 0 Å². The first-order chi connectivity index (χ1) is 9.28. The molecule has 19 heavy (non-hydrogen) atoms. The number of anilines is 2. The highest BCUT2D eigenvalue weighted by Crippen LogP contribution is 2.35. The van der Waals surface area contributed by atoms with E-state index in [1.165, 1.54) is 16.7 Å². The van der Waals surface area contributed by atoms with Gasteiger partial charge in [-0.2, -0.15) is 0 Å². The Kier molecular flexibility index (Phi) is 2.97. The van der Waals surface area contributed by atoms with Gasteiger partial charge in [0.1, 0.15) is 0 Å². The van der Waals surface area contributed by atoms with Gasteiger partial charge in [0.05, 0.1) is 11.4 Å². The number of nitrogens with one attached hydrogen (secondary N) is 1. The summed E-state index contributed by atoms with van der Waals surface area (Å²) in [4.78, 5) is 0. The Morgan fingerprint density at radius 3 is 2.63 bits per heavy atom. The zero-order chi connectivity index (χ0) is 13.2. The summed E-state index contributed by atoms with van der Waals surface area (Å²) in [6.45, 7) is 1.40. The number of hydrogen-bond donors (Lipinski definition) is 3. The number of benzene rings is 2. The minimum absolute atomic E-state index is 0.581. The molecule has 0 spiro atoms. The van der Waals surface area contributed by atoms with Crippen LogP contribution in [0.4, 0.5) is 11.4 Å². The molecule has 0 unspecified atom stereocenters. The number of hydrogen-bond acceptors (Lipinski definition) is 3. The van der Waals surface area contributed by atoms with E-state index in [1.54, 1.807) is 0 Å². The lowest BCUT2D eigenvalue weighted by Gasteiger charge is -2.03. The van der Waals surface area contributed by atoms with Crippen LogP contribution in [-0.4, -0.2) is 6.54 Å². The summed E-state index contributed by atoms with van der Waals surface area (Å²) in [5, 5.41) is 3.35. The highest BCUT2D eigenvalue weighted by atomic mass is 14.9. The SMILES string of the molecule is NCc1ccc(C=C2CNc3c(N)cccc32)cc1. The smallest absolute Gasteiger partial charge is 0.0653 e. The van der Waals surface area contributed by atoms with Crippen molar-refractivity contribution in [3.63, 3.8) is 0 Å². The lowest BCUT2D eigenvalue weighted by molar-refractivity contribution is 1.07. The molecule has 0 aromatic heterocycles. The normalized spacial score (nSPS) is 15.3. The van der Waals surface area contributed by atoms with Gasteiger partial charge in [0.15, 0.2) is 0 Å². The fraction of sp³-hybridized carbons (Fsp3) is 0.125. The summed E-state index contributed by atoms with van der Waals surface area (Å²) >= 11 is 0. The van der Waals surface area contributed by atoms with E-state index in [9.17, 15) is 0 Å². The summed E-state index contributed by atoms with van der Waals surface area (Å²) in [6.07, 6.45) is 2.19. The minimum atomic E-state index is 0.581. The Morgan fingerprint density at radius 2 is 1.89 bits per heavy atom. The fourth-order valence-corrected chi connectivity index (χ4v) is 2.39. The lowest BCUT2D eigenvalue weighted by Crippen LogP contribution is -1.95. The maximum atomic E-state index is 5.96. The fourth-order valence-electron chi connectivity index (χ4n) is 2.39. The van der Waals surface area contributed by atoms with E-state index in [0.29, 0.717) is 6.54 Å². The molecule has 0 fully saturated rings.